The molecule has 3 aromatic carbocycles. The van der Waals surface area contributed by atoms with Crippen LogP contribution in [0.15, 0.2) is 53.4 Å². The van der Waals surface area contributed by atoms with Crippen molar-refractivity contribution in [1.29, 1.82) is 0 Å². The number of aliphatic hydroxyl groups is 1. The number of nitrogens with one attached hydrogen (secondary N) is 1. The first-order chi connectivity index (χ1) is 18.9. The minimum atomic E-state index is -3.94. The van der Waals surface area contributed by atoms with Crippen molar-refractivity contribution < 1.29 is 23.1 Å². The molecule has 10 nitrogen and oxygen atoms in total. The molecule has 0 radical (unpaired) electrons. The Morgan fingerprint density at radius 1 is 1.15 bits per heavy atom. The Balaban J connectivity index is 1.31. The van der Waals surface area contributed by atoms with E-state index in [-0.39, 0.29) is 10.8 Å². The molecule has 1 fully saturated rings. The average molecular weight is 568 g/mol. The van der Waals surface area contributed by atoms with E-state index in [0.717, 1.165) is 34.6 Å². The summed E-state index contributed by atoms with van der Waals surface area (Å²) >= 11 is 0.974. The van der Waals surface area contributed by atoms with Gasteiger partial charge in [0.15, 0.2) is 0 Å². The van der Waals surface area contributed by atoms with Gasteiger partial charge in [0.25, 0.3) is 5.91 Å². The highest BCUT2D eigenvalue weighted by atomic mass is 32.2. The predicted octanol–water partition coefficient (Wildman–Crippen LogP) is 3.81. The van der Waals surface area contributed by atoms with Crippen LogP contribution in [0.5, 0.6) is 0 Å². The SMILES string of the molecule is COCCCN1C(=O)c2cccc3c(NC(O)C4CCCCN4S(=O)(=O)c4cccc5nsnc45)ccc1c23. The maximum absolute atomic E-state index is 13.8. The molecule has 0 aliphatic carbocycles. The van der Waals surface area contributed by atoms with Crippen molar-refractivity contribution in [3.63, 3.8) is 0 Å². The molecule has 2 aliphatic rings. The number of hydrogen-bond acceptors (Lipinski definition) is 9. The van der Waals surface area contributed by atoms with Gasteiger partial charge < -0.3 is 20.1 Å². The second-order valence-corrected chi connectivity index (χ2v) is 12.2. The van der Waals surface area contributed by atoms with Gasteiger partial charge in [-0.2, -0.15) is 13.1 Å². The van der Waals surface area contributed by atoms with Crippen molar-refractivity contribution in [3.8, 4) is 0 Å². The molecule has 0 bridgehead atoms. The van der Waals surface area contributed by atoms with Gasteiger partial charge in [-0.3, -0.25) is 4.79 Å². The predicted molar refractivity (Wildman–Crippen MR) is 151 cm³/mol. The van der Waals surface area contributed by atoms with Gasteiger partial charge in [-0.15, -0.1) is 0 Å². The summed E-state index contributed by atoms with van der Waals surface area (Å²) in [6.07, 6.45) is 1.56. The number of fused-ring (bicyclic) bond motifs is 1. The molecule has 2 aliphatic heterocycles. The molecule has 39 heavy (non-hydrogen) atoms. The highest BCUT2D eigenvalue weighted by Gasteiger charge is 2.39. The van der Waals surface area contributed by atoms with E-state index in [9.17, 15) is 18.3 Å². The molecule has 1 amide bonds. The van der Waals surface area contributed by atoms with Crippen molar-refractivity contribution in [2.75, 3.05) is 37.0 Å². The van der Waals surface area contributed by atoms with E-state index in [1.54, 1.807) is 30.2 Å². The van der Waals surface area contributed by atoms with Gasteiger partial charge in [0.2, 0.25) is 10.0 Å². The van der Waals surface area contributed by atoms with Crippen LogP contribution in [0.3, 0.4) is 0 Å². The molecule has 3 heterocycles. The number of aliphatic hydroxyl groups excluding tert-OH is 1. The lowest BCUT2D eigenvalue weighted by atomic mass is 10.0. The number of benzene rings is 3. The van der Waals surface area contributed by atoms with Gasteiger partial charge in [-0.1, -0.05) is 24.6 Å². The molecule has 0 saturated carbocycles. The van der Waals surface area contributed by atoms with Crippen LogP contribution >= 0.6 is 11.7 Å². The molecular formula is C27H29N5O5S2. The summed E-state index contributed by atoms with van der Waals surface area (Å²) in [6.45, 7) is 1.40. The van der Waals surface area contributed by atoms with Crippen LogP contribution in [0.25, 0.3) is 21.8 Å². The molecule has 204 valence electrons. The number of methoxy groups -OCH3 is 1. The van der Waals surface area contributed by atoms with E-state index in [1.165, 1.54) is 4.31 Å². The summed E-state index contributed by atoms with van der Waals surface area (Å²) in [4.78, 5) is 15.0. The fourth-order valence-corrected chi connectivity index (χ4v) is 8.13. The van der Waals surface area contributed by atoms with Gasteiger partial charge in [0.05, 0.1) is 23.5 Å². The number of ether oxygens (including phenoxy) is 1. The molecule has 2 unspecified atom stereocenters. The summed E-state index contributed by atoms with van der Waals surface area (Å²) in [7, 11) is -2.30. The van der Waals surface area contributed by atoms with Gasteiger partial charge in [-0.05, 0) is 49.6 Å². The summed E-state index contributed by atoms with van der Waals surface area (Å²) < 4.78 is 42.6. The number of hydrogen-bond donors (Lipinski definition) is 2. The topological polar surface area (TPSA) is 125 Å². The standard InChI is InChI=1S/C27H29N5O5S2/c1-37-16-6-14-31-21-13-12-19(17-7-4-8-18(24(17)21)27(31)34)28-26(33)22-10-2-3-15-32(22)39(35,36)23-11-5-9-20-25(23)30-38-29-20/h4-5,7-9,11-13,22,26,28,33H,2-3,6,10,14-16H2,1H3. The van der Waals surface area contributed by atoms with E-state index in [0.29, 0.717) is 61.2 Å². The fraction of sp³-hybridized carbons (Fsp3) is 0.370. The number of carbonyl (C=O) groups excluding carboxylic acids is 1. The van der Waals surface area contributed by atoms with Crippen LogP contribution in [0.4, 0.5) is 11.4 Å². The number of anilines is 2. The van der Waals surface area contributed by atoms with Crippen molar-refractivity contribution in [2.45, 2.75) is 42.8 Å². The van der Waals surface area contributed by atoms with E-state index < -0.39 is 22.3 Å². The average Bonchev–Trinajstić information content (AvgIpc) is 3.54. The van der Waals surface area contributed by atoms with Gasteiger partial charge in [0, 0.05) is 48.8 Å². The van der Waals surface area contributed by atoms with E-state index in [4.69, 9.17) is 4.74 Å². The van der Waals surface area contributed by atoms with Crippen LogP contribution < -0.4 is 10.2 Å². The molecule has 12 heteroatoms. The molecule has 4 aromatic rings. The van der Waals surface area contributed by atoms with Gasteiger partial charge in [0.1, 0.15) is 22.2 Å². The Bertz CT molecular complexity index is 1660. The number of aromatic nitrogens is 2. The third-order valence-electron chi connectivity index (χ3n) is 7.52. The van der Waals surface area contributed by atoms with Crippen LogP contribution in [-0.4, -0.2) is 71.6 Å². The smallest absolute Gasteiger partial charge is 0.258 e. The lowest BCUT2D eigenvalue weighted by molar-refractivity contribution is 0.0896. The van der Waals surface area contributed by atoms with Crippen molar-refractivity contribution >= 4 is 60.8 Å². The number of nitrogens with zero attached hydrogens (tertiary/aromatic N) is 4. The summed E-state index contributed by atoms with van der Waals surface area (Å²) in [5, 5.41) is 16.2. The second kappa shape index (κ2) is 10.4. The van der Waals surface area contributed by atoms with Gasteiger partial charge in [-0.25, -0.2) is 8.42 Å². The van der Waals surface area contributed by atoms with E-state index in [1.807, 2.05) is 30.3 Å². The maximum atomic E-state index is 13.8. The van der Waals surface area contributed by atoms with Crippen molar-refractivity contribution in [1.82, 2.24) is 13.1 Å². The lowest BCUT2D eigenvalue weighted by Crippen LogP contribution is -2.52. The number of amides is 1. The quantitative estimate of drug-likeness (QED) is 0.231. The number of rotatable bonds is 9. The first-order valence-corrected chi connectivity index (χ1v) is 15.1. The van der Waals surface area contributed by atoms with Gasteiger partial charge >= 0.3 is 0 Å². The van der Waals surface area contributed by atoms with Crippen molar-refractivity contribution in [3.05, 3.63) is 54.1 Å². The molecule has 2 atom stereocenters. The molecule has 1 saturated heterocycles. The Morgan fingerprint density at radius 2 is 2.00 bits per heavy atom. The van der Waals surface area contributed by atoms with E-state index >= 15 is 0 Å². The maximum Gasteiger partial charge on any atom is 0.258 e. The minimum Gasteiger partial charge on any atom is -0.385 e. The van der Waals surface area contributed by atoms with E-state index in [2.05, 4.69) is 14.1 Å². The van der Waals surface area contributed by atoms with Crippen molar-refractivity contribution in [2.24, 2.45) is 0 Å². The monoisotopic (exact) mass is 567 g/mol. The Kier molecular flexibility index (Phi) is 6.98. The summed E-state index contributed by atoms with van der Waals surface area (Å²) in [5.41, 5.74) is 2.97. The van der Waals surface area contributed by atoms with Crippen LogP contribution in [0.2, 0.25) is 0 Å². The second-order valence-electron chi connectivity index (χ2n) is 9.82. The number of sulfonamides is 1. The Hall–Kier alpha value is -3.16. The number of carbonyl (C=O) groups is 1. The molecular weight excluding hydrogens is 538 g/mol. The minimum absolute atomic E-state index is 0.0559. The zero-order valence-electron chi connectivity index (χ0n) is 21.4. The lowest BCUT2D eigenvalue weighted by Gasteiger charge is -2.37. The highest BCUT2D eigenvalue weighted by Crippen LogP contribution is 2.41. The normalized spacial score (nSPS) is 18.8. The van der Waals surface area contributed by atoms with Crippen LogP contribution in [0, 0.1) is 0 Å². The summed E-state index contributed by atoms with van der Waals surface area (Å²) in [5.74, 6) is -0.0559. The largest absolute Gasteiger partial charge is 0.385 e. The number of piperidine rings is 1. The zero-order chi connectivity index (χ0) is 27.1. The third kappa shape index (κ3) is 4.45. The summed E-state index contributed by atoms with van der Waals surface area (Å²) in [6, 6.07) is 13.5. The zero-order valence-corrected chi connectivity index (χ0v) is 23.0. The molecule has 6 rings (SSSR count). The third-order valence-corrected chi connectivity index (χ3v) is 10.0. The molecule has 2 N–H and O–H groups in total. The van der Waals surface area contributed by atoms with Crippen LogP contribution in [0.1, 0.15) is 36.0 Å². The molecule has 1 aromatic heterocycles. The molecule has 0 spiro atoms. The first kappa shape index (κ1) is 26.1. The Labute approximate surface area is 230 Å². The van der Waals surface area contributed by atoms with Crippen LogP contribution in [-0.2, 0) is 14.8 Å². The Morgan fingerprint density at radius 3 is 2.85 bits per heavy atom. The highest BCUT2D eigenvalue weighted by molar-refractivity contribution is 7.89. The fourth-order valence-electron chi connectivity index (χ4n) is 5.68. The first-order valence-electron chi connectivity index (χ1n) is 13.0.